The van der Waals surface area contributed by atoms with Crippen LogP contribution in [0.15, 0.2) is 42.6 Å². The lowest BCUT2D eigenvalue weighted by molar-refractivity contribution is 0.0206. The van der Waals surface area contributed by atoms with Crippen molar-refractivity contribution in [3.05, 3.63) is 47.8 Å². The van der Waals surface area contributed by atoms with Crippen molar-refractivity contribution in [1.29, 1.82) is 0 Å². The van der Waals surface area contributed by atoms with Crippen molar-refractivity contribution < 1.29 is 14.3 Å². The molecule has 5 rings (SSSR count). The summed E-state index contributed by atoms with van der Waals surface area (Å²) in [6.45, 7) is 6.65. The summed E-state index contributed by atoms with van der Waals surface area (Å²) in [5, 5.41) is 1.28. The Bertz CT molecular complexity index is 1370. The van der Waals surface area contributed by atoms with Gasteiger partial charge in [-0.3, -0.25) is 9.97 Å². The quantitative estimate of drug-likeness (QED) is 0.365. The average Bonchev–Trinajstić information content (AvgIpc) is 3.15. The molecule has 2 aliphatic rings. The molecule has 0 radical (unpaired) electrons. The van der Waals surface area contributed by atoms with Crippen LogP contribution in [0, 0.1) is 0 Å². The van der Waals surface area contributed by atoms with Gasteiger partial charge >= 0.3 is 6.09 Å². The van der Waals surface area contributed by atoms with Crippen LogP contribution < -0.4 is 9.80 Å². The van der Waals surface area contributed by atoms with Gasteiger partial charge < -0.3 is 19.4 Å². The Hall–Kier alpha value is -3.68. The number of nitrogens with zero attached hydrogens (tertiary/aromatic N) is 6. The van der Waals surface area contributed by atoms with Gasteiger partial charge in [-0.05, 0) is 51.8 Å². The van der Waals surface area contributed by atoms with E-state index < -0.39 is 5.60 Å². The number of halogens is 1. The summed E-state index contributed by atoms with van der Waals surface area (Å²) in [6.07, 6.45) is 6.22. The first-order valence-electron chi connectivity index (χ1n) is 11.8. The SMILES string of the molecule is CN1C(=C=O)N(C2CCN(C(=O)OC(C)(C)C)CC2)c2c1cnc1cnc(-c3ccc(Cl)nc3)cc21. The third kappa shape index (κ3) is 4.36. The van der Waals surface area contributed by atoms with Crippen molar-refractivity contribution in [3.8, 4) is 11.3 Å². The van der Waals surface area contributed by atoms with Crippen molar-refractivity contribution in [2.45, 2.75) is 45.3 Å². The molecule has 186 valence electrons. The van der Waals surface area contributed by atoms with Gasteiger partial charge in [0, 0.05) is 43.3 Å². The number of pyridine rings is 3. The Balaban J connectivity index is 1.51. The Kier molecular flexibility index (Phi) is 6.06. The first-order valence-corrected chi connectivity index (χ1v) is 12.2. The molecule has 0 atom stereocenters. The fraction of sp³-hybridized carbons (Fsp3) is 0.385. The molecule has 1 fully saturated rings. The van der Waals surface area contributed by atoms with Crippen LogP contribution in [-0.4, -0.2) is 63.7 Å². The van der Waals surface area contributed by atoms with Crippen LogP contribution in [0.4, 0.5) is 16.2 Å². The largest absolute Gasteiger partial charge is 0.444 e. The summed E-state index contributed by atoms with van der Waals surface area (Å²) in [6, 6.07) is 5.56. The summed E-state index contributed by atoms with van der Waals surface area (Å²) in [7, 11) is 1.84. The zero-order chi connectivity index (χ0) is 25.6. The van der Waals surface area contributed by atoms with Crippen LogP contribution in [0.1, 0.15) is 33.6 Å². The smallest absolute Gasteiger partial charge is 0.410 e. The average molecular weight is 507 g/mol. The summed E-state index contributed by atoms with van der Waals surface area (Å²) >= 11 is 5.96. The van der Waals surface area contributed by atoms with Crippen LogP contribution in [0.5, 0.6) is 0 Å². The minimum Gasteiger partial charge on any atom is -0.444 e. The van der Waals surface area contributed by atoms with Crippen LogP contribution in [-0.2, 0) is 9.53 Å². The summed E-state index contributed by atoms with van der Waals surface area (Å²) < 4.78 is 5.54. The number of aromatic nitrogens is 3. The molecule has 2 aliphatic heterocycles. The van der Waals surface area contributed by atoms with Crippen molar-refractivity contribution in [3.63, 3.8) is 0 Å². The van der Waals surface area contributed by atoms with Crippen molar-refractivity contribution in [1.82, 2.24) is 19.9 Å². The number of anilines is 2. The predicted octanol–water partition coefficient (Wildman–Crippen LogP) is 4.67. The number of amides is 1. The number of rotatable bonds is 2. The van der Waals surface area contributed by atoms with Crippen LogP contribution in [0.3, 0.4) is 0 Å². The first kappa shape index (κ1) is 24.0. The molecule has 0 aliphatic carbocycles. The molecule has 0 aromatic carbocycles. The van der Waals surface area contributed by atoms with Gasteiger partial charge in [-0.15, -0.1) is 0 Å². The molecule has 0 bridgehead atoms. The van der Waals surface area contributed by atoms with E-state index in [2.05, 4.69) is 20.9 Å². The highest BCUT2D eigenvalue weighted by Gasteiger charge is 2.39. The third-order valence-electron chi connectivity index (χ3n) is 6.45. The van der Waals surface area contributed by atoms with Crippen molar-refractivity contribution >= 4 is 45.9 Å². The lowest BCUT2D eigenvalue weighted by Crippen LogP contribution is -2.48. The van der Waals surface area contributed by atoms with Gasteiger partial charge in [0.25, 0.3) is 0 Å². The van der Waals surface area contributed by atoms with E-state index in [1.807, 2.05) is 49.8 Å². The Morgan fingerprint density at radius 3 is 2.50 bits per heavy atom. The minimum absolute atomic E-state index is 0.00301. The van der Waals surface area contributed by atoms with Gasteiger partial charge in [0.05, 0.1) is 35.0 Å². The second-order valence-electron chi connectivity index (χ2n) is 10.0. The minimum atomic E-state index is -0.546. The summed E-state index contributed by atoms with van der Waals surface area (Å²) in [4.78, 5) is 43.6. The predicted molar refractivity (Wildman–Crippen MR) is 139 cm³/mol. The van der Waals surface area contributed by atoms with Gasteiger partial charge in [-0.1, -0.05) is 11.6 Å². The van der Waals surface area contributed by atoms with Gasteiger partial charge in [-0.2, -0.15) is 0 Å². The topological polar surface area (TPSA) is 91.8 Å². The first-order chi connectivity index (χ1) is 17.2. The number of fused-ring (bicyclic) bond motifs is 3. The molecular weight excluding hydrogens is 480 g/mol. The van der Waals surface area contributed by atoms with Gasteiger partial charge in [0.2, 0.25) is 5.82 Å². The van der Waals surface area contributed by atoms with Crippen molar-refractivity contribution in [2.75, 3.05) is 29.9 Å². The third-order valence-corrected chi connectivity index (χ3v) is 6.67. The number of hydrogen-bond donors (Lipinski definition) is 0. The molecule has 36 heavy (non-hydrogen) atoms. The van der Waals surface area contributed by atoms with Gasteiger partial charge in [0.15, 0.2) is 5.94 Å². The van der Waals surface area contributed by atoms with Gasteiger partial charge in [-0.25, -0.2) is 14.6 Å². The zero-order valence-electron chi connectivity index (χ0n) is 20.7. The summed E-state index contributed by atoms with van der Waals surface area (Å²) in [5.41, 5.74) is 3.44. The summed E-state index contributed by atoms with van der Waals surface area (Å²) in [5.74, 6) is 2.57. The van der Waals surface area contributed by atoms with E-state index in [-0.39, 0.29) is 12.1 Å². The Labute approximate surface area is 214 Å². The molecule has 0 spiro atoms. The van der Waals surface area contributed by atoms with Crippen molar-refractivity contribution in [2.24, 2.45) is 0 Å². The van der Waals surface area contributed by atoms with E-state index in [1.165, 1.54) is 0 Å². The lowest BCUT2D eigenvalue weighted by atomic mass is 10.0. The molecule has 9 nitrogen and oxygen atoms in total. The molecule has 3 aromatic heterocycles. The molecule has 1 saturated heterocycles. The Morgan fingerprint density at radius 2 is 1.86 bits per heavy atom. The van der Waals surface area contributed by atoms with E-state index in [4.69, 9.17) is 16.3 Å². The number of hydrogen-bond acceptors (Lipinski definition) is 8. The second kappa shape index (κ2) is 9.08. The molecular formula is C26H27ClN6O3. The fourth-order valence-corrected chi connectivity index (χ4v) is 4.85. The van der Waals surface area contributed by atoms with E-state index in [1.54, 1.807) is 29.6 Å². The highest BCUT2D eigenvalue weighted by Crippen LogP contribution is 2.46. The lowest BCUT2D eigenvalue weighted by Gasteiger charge is -2.38. The van der Waals surface area contributed by atoms with E-state index in [0.29, 0.717) is 36.9 Å². The molecule has 0 N–H and O–H groups in total. The molecule has 1 amide bonds. The molecule has 5 heterocycles. The maximum atomic E-state index is 12.6. The monoisotopic (exact) mass is 506 g/mol. The molecule has 3 aromatic rings. The molecule has 10 heteroatoms. The number of carbonyl (C=O) groups is 1. The maximum Gasteiger partial charge on any atom is 0.410 e. The van der Waals surface area contributed by atoms with E-state index in [0.717, 1.165) is 33.5 Å². The van der Waals surface area contributed by atoms with E-state index in [9.17, 15) is 9.59 Å². The Morgan fingerprint density at radius 1 is 1.11 bits per heavy atom. The number of piperidine rings is 1. The molecule has 0 saturated carbocycles. The number of likely N-dealkylation sites (tertiary alicyclic amines) is 1. The number of ether oxygens (including phenoxy) is 1. The normalized spacial score (nSPS) is 16.4. The highest BCUT2D eigenvalue weighted by atomic mass is 35.5. The molecule has 0 unspecified atom stereocenters. The van der Waals surface area contributed by atoms with Crippen LogP contribution in [0.25, 0.3) is 22.2 Å². The standard InChI is InChI=1S/C26H27ClN6O3/c1-26(2,3)36-25(35)32-9-7-17(8-10-32)33-23(15-34)31(4)21-14-29-20-13-28-19(11-18(20)24(21)33)16-5-6-22(27)30-12-16/h5-6,11-14,17H,7-10H2,1-4H3. The highest BCUT2D eigenvalue weighted by molar-refractivity contribution is 6.29. The number of carbonyl (C=O) groups excluding carboxylic acids is 2. The van der Waals surface area contributed by atoms with Crippen LogP contribution in [0.2, 0.25) is 5.15 Å². The maximum absolute atomic E-state index is 12.6. The zero-order valence-corrected chi connectivity index (χ0v) is 21.4. The van der Waals surface area contributed by atoms with E-state index >= 15 is 0 Å². The van der Waals surface area contributed by atoms with Crippen LogP contribution >= 0.6 is 11.6 Å². The van der Waals surface area contributed by atoms with Gasteiger partial charge in [0.1, 0.15) is 10.8 Å². The second-order valence-corrected chi connectivity index (χ2v) is 10.4. The fourth-order valence-electron chi connectivity index (χ4n) is 4.74.